The highest BCUT2D eigenvalue weighted by molar-refractivity contribution is 5.84. The molecule has 1 heterocycles. The largest absolute Gasteiger partial charge is 0.479 e. The Morgan fingerprint density at radius 2 is 2.31 bits per heavy atom. The SMILES string of the molecule is CC1OC2=CCC3CCCCC3=C2NC1=O. The van der Waals surface area contributed by atoms with Crippen LogP contribution < -0.4 is 5.32 Å². The van der Waals surface area contributed by atoms with Crippen molar-refractivity contribution < 1.29 is 9.53 Å². The lowest BCUT2D eigenvalue weighted by Crippen LogP contribution is -2.42. The number of nitrogens with one attached hydrogen (secondary N) is 1. The van der Waals surface area contributed by atoms with E-state index in [4.69, 9.17) is 4.74 Å². The van der Waals surface area contributed by atoms with Gasteiger partial charge in [0, 0.05) is 0 Å². The third-order valence-corrected chi connectivity index (χ3v) is 3.82. The minimum Gasteiger partial charge on any atom is -0.479 e. The molecule has 1 aliphatic heterocycles. The van der Waals surface area contributed by atoms with Crippen LogP contribution in [0.4, 0.5) is 0 Å². The molecule has 0 spiro atoms. The Hall–Kier alpha value is -1.25. The van der Waals surface area contributed by atoms with Gasteiger partial charge in [-0.15, -0.1) is 0 Å². The van der Waals surface area contributed by atoms with Gasteiger partial charge in [0.2, 0.25) is 0 Å². The number of carbonyl (C=O) groups is 1. The number of ether oxygens (including phenoxy) is 1. The summed E-state index contributed by atoms with van der Waals surface area (Å²) in [5.74, 6) is 1.54. The van der Waals surface area contributed by atoms with Gasteiger partial charge in [-0.2, -0.15) is 0 Å². The molecule has 0 aromatic carbocycles. The fourth-order valence-electron chi connectivity index (χ4n) is 2.90. The summed E-state index contributed by atoms with van der Waals surface area (Å²) in [6.45, 7) is 1.80. The van der Waals surface area contributed by atoms with Gasteiger partial charge >= 0.3 is 0 Å². The van der Waals surface area contributed by atoms with Crippen molar-refractivity contribution >= 4 is 5.91 Å². The van der Waals surface area contributed by atoms with E-state index in [2.05, 4.69) is 11.4 Å². The van der Waals surface area contributed by atoms with Crippen LogP contribution in [0.15, 0.2) is 23.1 Å². The van der Waals surface area contributed by atoms with Gasteiger partial charge in [0.05, 0.1) is 5.70 Å². The molecule has 3 aliphatic rings. The number of amides is 1. The van der Waals surface area contributed by atoms with Gasteiger partial charge in [-0.05, 0) is 50.2 Å². The Balaban J connectivity index is 1.96. The molecule has 1 N–H and O–H groups in total. The number of morpholine rings is 1. The Morgan fingerprint density at radius 1 is 1.44 bits per heavy atom. The molecule has 0 aromatic heterocycles. The summed E-state index contributed by atoms with van der Waals surface area (Å²) >= 11 is 0. The quantitative estimate of drug-likeness (QED) is 0.678. The predicted molar refractivity (Wildman–Crippen MR) is 60.4 cm³/mol. The zero-order valence-corrected chi connectivity index (χ0v) is 9.58. The summed E-state index contributed by atoms with van der Waals surface area (Å²) in [4.78, 5) is 11.6. The van der Waals surface area contributed by atoms with Crippen LogP contribution in [0, 0.1) is 5.92 Å². The van der Waals surface area contributed by atoms with E-state index in [9.17, 15) is 4.79 Å². The van der Waals surface area contributed by atoms with Crippen molar-refractivity contribution in [1.29, 1.82) is 0 Å². The van der Waals surface area contributed by atoms with Gasteiger partial charge < -0.3 is 10.1 Å². The Bertz CT molecular complexity index is 395. The molecule has 1 saturated heterocycles. The third-order valence-electron chi connectivity index (χ3n) is 3.82. The molecule has 3 rings (SSSR count). The number of rotatable bonds is 0. The summed E-state index contributed by atoms with van der Waals surface area (Å²) in [6, 6.07) is 0. The first-order chi connectivity index (χ1) is 7.75. The van der Waals surface area contributed by atoms with Crippen molar-refractivity contribution in [2.24, 2.45) is 5.92 Å². The van der Waals surface area contributed by atoms with Gasteiger partial charge in [0.15, 0.2) is 6.10 Å². The second kappa shape index (κ2) is 3.65. The first kappa shape index (κ1) is 9.94. The fraction of sp³-hybridized carbons (Fsp3) is 0.615. The summed E-state index contributed by atoms with van der Waals surface area (Å²) in [6.07, 6.45) is 7.81. The maximum absolute atomic E-state index is 11.6. The molecule has 16 heavy (non-hydrogen) atoms. The van der Waals surface area contributed by atoms with Crippen LogP contribution in [-0.4, -0.2) is 12.0 Å². The van der Waals surface area contributed by atoms with Crippen molar-refractivity contribution in [3.63, 3.8) is 0 Å². The van der Waals surface area contributed by atoms with Gasteiger partial charge in [-0.3, -0.25) is 4.79 Å². The average Bonchev–Trinajstić information content (AvgIpc) is 2.31. The number of hydrogen-bond acceptors (Lipinski definition) is 2. The topological polar surface area (TPSA) is 38.3 Å². The molecule has 0 radical (unpaired) electrons. The normalized spacial score (nSPS) is 33.3. The zero-order chi connectivity index (χ0) is 11.1. The molecule has 3 heteroatoms. The van der Waals surface area contributed by atoms with Crippen LogP contribution in [0.25, 0.3) is 0 Å². The molecule has 1 saturated carbocycles. The third kappa shape index (κ3) is 1.46. The summed E-state index contributed by atoms with van der Waals surface area (Å²) in [5, 5.41) is 3.01. The van der Waals surface area contributed by atoms with E-state index in [1.54, 1.807) is 6.92 Å². The van der Waals surface area contributed by atoms with Crippen molar-refractivity contribution in [1.82, 2.24) is 5.32 Å². The number of carbonyl (C=O) groups excluding carboxylic acids is 1. The fourth-order valence-corrected chi connectivity index (χ4v) is 2.90. The molecule has 2 unspecified atom stereocenters. The molecule has 1 amide bonds. The van der Waals surface area contributed by atoms with Crippen LogP contribution >= 0.6 is 0 Å². The Morgan fingerprint density at radius 3 is 3.19 bits per heavy atom. The minimum absolute atomic E-state index is 0.00845. The van der Waals surface area contributed by atoms with Crippen molar-refractivity contribution in [2.45, 2.75) is 45.1 Å². The molecule has 2 atom stereocenters. The number of fused-ring (bicyclic) bond motifs is 2. The first-order valence-corrected chi connectivity index (χ1v) is 6.17. The van der Waals surface area contributed by atoms with Crippen LogP contribution in [0.2, 0.25) is 0 Å². The van der Waals surface area contributed by atoms with E-state index in [1.807, 2.05) is 0 Å². The summed E-state index contributed by atoms with van der Waals surface area (Å²) in [7, 11) is 0. The molecule has 86 valence electrons. The van der Waals surface area contributed by atoms with Gasteiger partial charge in [0.1, 0.15) is 5.76 Å². The van der Waals surface area contributed by atoms with Crippen molar-refractivity contribution in [2.75, 3.05) is 0 Å². The van der Waals surface area contributed by atoms with Crippen LogP contribution in [-0.2, 0) is 9.53 Å². The standard InChI is InChI=1S/C13H17NO2/c1-8-13(15)14-12-10-5-3-2-4-9(10)6-7-11(12)16-8/h7-9H,2-6H2,1H3,(H,14,15). The van der Waals surface area contributed by atoms with E-state index in [0.29, 0.717) is 5.92 Å². The lowest BCUT2D eigenvalue weighted by atomic mass is 9.78. The number of hydrogen-bond donors (Lipinski definition) is 1. The lowest BCUT2D eigenvalue weighted by Gasteiger charge is -2.35. The van der Waals surface area contributed by atoms with Crippen LogP contribution in [0.5, 0.6) is 0 Å². The molecular formula is C13H17NO2. The lowest BCUT2D eigenvalue weighted by molar-refractivity contribution is -0.131. The highest BCUT2D eigenvalue weighted by atomic mass is 16.5. The smallest absolute Gasteiger partial charge is 0.265 e. The molecule has 2 aliphatic carbocycles. The van der Waals surface area contributed by atoms with E-state index < -0.39 is 0 Å². The van der Waals surface area contributed by atoms with Gasteiger partial charge in [0.25, 0.3) is 5.91 Å². The highest BCUT2D eigenvalue weighted by Crippen LogP contribution is 2.40. The number of allylic oxidation sites excluding steroid dienone is 2. The maximum atomic E-state index is 11.6. The Kier molecular flexibility index (Phi) is 2.27. The van der Waals surface area contributed by atoms with E-state index >= 15 is 0 Å². The van der Waals surface area contributed by atoms with E-state index in [0.717, 1.165) is 24.3 Å². The highest BCUT2D eigenvalue weighted by Gasteiger charge is 2.33. The predicted octanol–water partition coefficient (Wildman–Crippen LogP) is 2.25. The molecule has 0 aromatic rings. The molecule has 3 nitrogen and oxygen atoms in total. The monoisotopic (exact) mass is 219 g/mol. The van der Waals surface area contributed by atoms with Gasteiger partial charge in [-0.1, -0.05) is 6.42 Å². The summed E-state index contributed by atoms with van der Waals surface area (Å²) < 4.78 is 5.64. The second-order valence-electron chi connectivity index (χ2n) is 4.90. The van der Waals surface area contributed by atoms with Gasteiger partial charge in [-0.25, -0.2) is 0 Å². The molecule has 0 bridgehead atoms. The van der Waals surface area contributed by atoms with E-state index in [1.165, 1.54) is 24.8 Å². The van der Waals surface area contributed by atoms with E-state index in [-0.39, 0.29) is 12.0 Å². The summed E-state index contributed by atoms with van der Waals surface area (Å²) in [5.41, 5.74) is 2.41. The first-order valence-electron chi connectivity index (χ1n) is 6.17. The van der Waals surface area contributed by atoms with Crippen LogP contribution in [0.3, 0.4) is 0 Å². The molecular weight excluding hydrogens is 202 g/mol. The van der Waals surface area contributed by atoms with Crippen molar-refractivity contribution in [3.8, 4) is 0 Å². The Labute approximate surface area is 95.5 Å². The average molecular weight is 219 g/mol. The zero-order valence-electron chi connectivity index (χ0n) is 9.58. The van der Waals surface area contributed by atoms with Crippen molar-refractivity contribution in [3.05, 3.63) is 23.1 Å². The minimum atomic E-state index is -0.351. The second-order valence-corrected chi connectivity index (χ2v) is 4.90. The molecule has 2 fully saturated rings. The van der Waals surface area contributed by atoms with Crippen LogP contribution in [0.1, 0.15) is 39.0 Å². The maximum Gasteiger partial charge on any atom is 0.265 e.